The quantitative estimate of drug-likeness (QED) is 0.420. The summed E-state index contributed by atoms with van der Waals surface area (Å²) in [5.41, 5.74) is 2.74. The molecular weight excluding hydrogens is 356 g/mol. The zero-order chi connectivity index (χ0) is 17.6. The standard InChI is InChI=1S/C17H22N4O2S2/c1-2-23-16(22)14-12-6-4-3-5-7-13(12)25-15(14)20-17(24)18-10-11-8-9-19-21-11/h8-9H,2-7,10H2,1H3,(H,19,21)(H2,18,20,24). The Hall–Kier alpha value is -1.93. The molecule has 0 saturated carbocycles. The molecule has 1 aliphatic carbocycles. The monoisotopic (exact) mass is 378 g/mol. The van der Waals surface area contributed by atoms with Gasteiger partial charge in [0.05, 0.1) is 24.4 Å². The van der Waals surface area contributed by atoms with Crippen molar-refractivity contribution in [2.45, 2.75) is 45.6 Å². The number of esters is 1. The fourth-order valence-corrected chi connectivity index (χ4v) is 4.48. The lowest BCUT2D eigenvalue weighted by Crippen LogP contribution is -2.28. The van der Waals surface area contributed by atoms with Crippen LogP contribution in [0.3, 0.4) is 0 Å². The van der Waals surface area contributed by atoms with E-state index in [0.29, 0.717) is 23.8 Å². The van der Waals surface area contributed by atoms with E-state index in [1.165, 1.54) is 11.3 Å². The van der Waals surface area contributed by atoms with Gasteiger partial charge in [-0.1, -0.05) is 6.42 Å². The van der Waals surface area contributed by atoms with E-state index in [2.05, 4.69) is 20.8 Å². The zero-order valence-corrected chi connectivity index (χ0v) is 15.8. The molecule has 0 saturated heterocycles. The van der Waals surface area contributed by atoms with E-state index >= 15 is 0 Å². The van der Waals surface area contributed by atoms with Crippen molar-refractivity contribution in [1.82, 2.24) is 15.5 Å². The molecule has 25 heavy (non-hydrogen) atoms. The van der Waals surface area contributed by atoms with Crippen LogP contribution in [0.5, 0.6) is 0 Å². The Morgan fingerprint density at radius 1 is 1.40 bits per heavy atom. The molecule has 2 heterocycles. The molecule has 0 aliphatic heterocycles. The third kappa shape index (κ3) is 4.38. The largest absolute Gasteiger partial charge is 0.462 e. The van der Waals surface area contributed by atoms with Gasteiger partial charge in [0.15, 0.2) is 5.11 Å². The van der Waals surface area contributed by atoms with E-state index in [0.717, 1.165) is 41.9 Å². The summed E-state index contributed by atoms with van der Waals surface area (Å²) in [6.45, 7) is 2.74. The third-order valence-corrected chi connectivity index (χ3v) is 5.58. The SMILES string of the molecule is CCOC(=O)c1c(NC(=S)NCc2ccn[nH]2)sc2c1CCCCC2. The van der Waals surface area contributed by atoms with Gasteiger partial charge in [-0.25, -0.2) is 4.79 Å². The minimum absolute atomic E-state index is 0.263. The second-order valence-corrected chi connectivity index (χ2v) is 7.39. The molecular formula is C17H22N4O2S2. The van der Waals surface area contributed by atoms with Crippen molar-refractivity contribution in [1.29, 1.82) is 0 Å². The molecule has 0 bridgehead atoms. The molecule has 0 fully saturated rings. The molecule has 3 rings (SSSR count). The summed E-state index contributed by atoms with van der Waals surface area (Å²) in [5.74, 6) is -0.263. The van der Waals surface area contributed by atoms with Gasteiger partial charge in [-0.15, -0.1) is 11.3 Å². The molecule has 134 valence electrons. The molecule has 0 spiro atoms. The van der Waals surface area contributed by atoms with Crippen LogP contribution in [0.1, 0.15) is 52.7 Å². The first-order chi connectivity index (χ1) is 12.2. The van der Waals surface area contributed by atoms with Crippen molar-refractivity contribution < 1.29 is 9.53 Å². The average molecular weight is 379 g/mol. The highest BCUT2D eigenvalue weighted by molar-refractivity contribution is 7.80. The first-order valence-electron chi connectivity index (χ1n) is 8.53. The van der Waals surface area contributed by atoms with Crippen LogP contribution >= 0.6 is 23.6 Å². The van der Waals surface area contributed by atoms with Gasteiger partial charge in [-0.05, 0) is 56.5 Å². The molecule has 2 aromatic rings. The predicted octanol–water partition coefficient (Wildman–Crippen LogP) is 3.40. The number of carbonyl (C=O) groups is 1. The second-order valence-electron chi connectivity index (χ2n) is 5.88. The number of nitrogens with one attached hydrogen (secondary N) is 3. The Bertz CT molecular complexity index is 740. The van der Waals surface area contributed by atoms with Crippen molar-refractivity contribution in [3.8, 4) is 0 Å². The van der Waals surface area contributed by atoms with Gasteiger partial charge in [0.1, 0.15) is 5.00 Å². The summed E-state index contributed by atoms with van der Waals surface area (Å²) in [5, 5.41) is 14.4. The number of thiocarbonyl (C=S) groups is 1. The fraction of sp³-hybridized carbons (Fsp3) is 0.471. The van der Waals surface area contributed by atoms with Crippen LogP contribution in [0, 0.1) is 0 Å². The van der Waals surface area contributed by atoms with E-state index in [9.17, 15) is 4.79 Å². The third-order valence-electron chi connectivity index (χ3n) is 4.13. The molecule has 0 unspecified atom stereocenters. The molecule has 2 aromatic heterocycles. The summed E-state index contributed by atoms with van der Waals surface area (Å²) < 4.78 is 5.29. The topological polar surface area (TPSA) is 79.0 Å². The Morgan fingerprint density at radius 2 is 2.24 bits per heavy atom. The Kier molecular flexibility index (Phi) is 6.04. The number of ether oxygens (including phenoxy) is 1. The highest BCUT2D eigenvalue weighted by Gasteiger charge is 2.26. The van der Waals surface area contributed by atoms with Crippen LogP contribution in [0.25, 0.3) is 0 Å². The number of hydrogen-bond donors (Lipinski definition) is 3. The van der Waals surface area contributed by atoms with E-state index < -0.39 is 0 Å². The Morgan fingerprint density at radius 3 is 3.00 bits per heavy atom. The average Bonchev–Trinajstić information content (AvgIpc) is 3.16. The molecule has 0 atom stereocenters. The van der Waals surface area contributed by atoms with E-state index in [1.807, 2.05) is 13.0 Å². The number of aromatic nitrogens is 2. The van der Waals surface area contributed by atoms with E-state index in [-0.39, 0.29) is 5.97 Å². The summed E-state index contributed by atoms with van der Waals surface area (Å²) in [6, 6.07) is 1.88. The number of anilines is 1. The number of rotatable bonds is 5. The fourth-order valence-electron chi connectivity index (χ4n) is 2.96. The number of nitrogens with zero attached hydrogens (tertiary/aromatic N) is 1. The number of hydrogen-bond acceptors (Lipinski definition) is 5. The van der Waals surface area contributed by atoms with E-state index in [4.69, 9.17) is 17.0 Å². The maximum atomic E-state index is 12.5. The van der Waals surface area contributed by atoms with Gasteiger partial charge in [0.2, 0.25) is 0 Å². The van der Waals surface area contributed by atoms with Crippen LogP contribution in [-0.4, -0.2) is 27.9 Å². The molecule has 1 aliphatic rings. The summed E-state index contributed by atoms with van der Waals surface area (Å²) in [6.07, 6.45) is 7.12. The maximum Gasteiger partial charge on any atom is 0.341 e. The number of aryl methyl sites for hydroxylation is 1. The number of carbonyl (C=O) groups excluding carboxylic acids is 1. The lowest BCUT2D eigenvalue weighted by atomic mass is 10.1. The number of fused-ring (bicyclic) bond motifs is 1. The molecule has 0 aromatic carbocycles. The van der Waals surface area contributed by atoms with Gasteiger partial charge in [0.25, 0.3) is 0 Å². The number of H-pyrrole nitrogens is 1. The molecule has 0 amide bonds. The summed E-state index contributed by atoms with van der Waals surface area (Å²) in [4.78, 5) is 13.8. The predicted molar refractivity (Wildman–Crippen MR) is 103 cm³/mol. The van der Waals surface area contributed by atoms with Crippen molar-refractivity contribution in [2.75, 3.05) is 11.9 Å². The smallest absolute Gasteiger partial charge is 0.341 e. The maximum absolute atomic E-state index is 12.5. The van der Waals surface area contributed by atoms with Crippen molar-refractivity contribution in [2.24, 2.45) is 0 Å². The molecule has 6 nitrogen and oxygen atoms in total. The highest BCUT2D eigenvalue weighted by Crippen LogP contribution is 2.38. The van der Waals surface area contributed by atoms with Gasteiger partial charge < -0.3 is 15.4 Å². The van der Waals surface area contributed by atoms with Crippen LogP contribution in [0.2, 0.25) is 0 Å². The number of aromatic amines is 1. The Balaban J connectivity index is 1.77. The van der Waals surface area contributed by atoms with E-state index in [1.54, 1.807) is 17.5 Å². The molecule has 8 heteroatoms. The molecule has 0 radical (unpaired) electrons. The molecule has 3 N–H and O–H groups in total. The zero-order valence-electron chi connectivity index (χ0n) is 14.2. The minimum atomic E-state index is -0.263. The van der Waals surface area contributed by atoms with Crippen molar-refractivity contribution in [3.63, 3.8) is 0 Å². The van der Waals surface area contributed by atoms with Crippen molar-refractivity contribution >= 4 is 39.6 Å². The number of thiophene rings is 1. The summed E-state index contributed by atoms with van der Waals surface area (Å²) >= 11 is 7.01. The van der Waals surface area contributed by atoms with Gasteiger partial charge in [-0.3, -0.25) is 5.10 Å². The lowest BCUT2D eigenvalue weighted by molar-refractivity contribution is 0.0527. The van der Waals surface area contributed by atoms with Crippen molar-refractivity contribution in [3.05, 3.63) is 34.0 Å². The normalized spacial score (nSPS) is 13.6. The van der Waals surface area contributed by atoms with Crippen LogP contribution in [-0.2, 0) is 24.1 Å². The second kappa shape index (κ2) is 8.44. The first kappa shape index (κ1) is 17.9. The highest BCUT2D eigenvalue weighted by atomic mass is 32.1. The van der Waals surface area contributed by atoms with Crippen LogP contribution in [0.15, 0.2) is 12.3 Å². The van der Waals surface area contributed by atoms with Gasteiger partial charge in [0, 0.05) is 11.1 Å². The first-order valence-corrected chi connectivity index (χ1v) is 9.76. The van der Waals surface area contributed by atoms with Gasteiger partial charge in [-0.2, -0.15) is 5.10 Å². The minimum Gasteiger partial charge on any atom is -0.462 e. The lowest BCUT2D eigenvalue weighted by Gasteiger charge is -2.11. The summed E-state index contributed by atoms with van der Waals surface area (Å²) in [7, 11) is 0. The van der Waals surface area contributed by atoms with Crippen LogP contribution in [0.4, 0.5) is 5.00 Å². The van der Waals surface area contributed by atoms with Crippen LogP contribution < -0.4 is 10.6 Å². The Labute approximate surface area is 156 Å². The van der Waals surface area contributed by atoms with Gasteiger partial charge >= 0.3 is 5.97 Å².